The van der Waals surface area contributed by atoms with E-state index in [0.717, 1.165) is 0 Å². The molecule has 0 aliphatic rings. The molecule has 0 heterocycles. The van der Waals surface area contributed by atoms with Crippen molar-refractivity contribution in [1.29, 1.82) is 0 Å². The van der Waals surface area contributed by atoms with E-state index in [1.807, 2.05) is 0 Å². The van der Waals surface area contributed by atoms with E-state index in [1.165, 1.54) is 6.92 Å². The van der Waals surface area contributed by atoms with Gasteiger partial charge < -0.3 is 4.74 Å². The van der Waals surface area contributed by atoms with E-state index in [0.29, 0.717) is 21.9 Å². The molecule has 2 rings (SSSR count). The van der Waals surface area contributed by atoms with Crippen molar-refractivity contribution in [2.24, 2.45) is 0 Å². The average molecular weight is 275 g/mol. The van der Waals surface area contributed by atoms with Gasteiger partial charge in [-0.2, -0.15) is 0 Å². The molecule has 0 radical (unpaired) electrons. The molecule has 0 aliphatic carbocycles. The van der Waals surface area contributed by atoms with Crippen molar-refractivity contribution in [3.8, 4) is 5.75 Å². The molecule has 96 valence electrons. The molecular weight excluding hydrogens is 264 g/mol. The molecule has 0 N–H and O–H groups in total. The van der Waals surface area contributed by atoms with Gasteiger partial charge in [0.1, 0.15) is 5.75 Å². The van der Waals surface area contributed by atoms with Crippen LogP contribution < -0.4 is 4.74 Å². The molecule has 0 saturated carbocycles. The van der Waals surface area contributed by atoms with Crippen LogP contribution in [0.3, 0.4) is 0 Å². The Morgan fingerprint density at radius 3 is 1.84 bits per heavy atom. The van der Waals surface area contributed by atoms with E-state index in [-0.39, 0.29) is 5.78 Å². The van der Waals surface area contributed by atoms with E-state index in [4.69, 9.17) is 16.3 Å². The lowest BCUT2D eigenvalue weighted by Crippen LogP contribution is -2.03. The number of rotatable bonds is 3. The van der Waals surface area contributed by atoms with Gasteiger partial charge in [0.25, 0.3) is 0 Å². The van der Waals surface area contributed by atoms with Crippen molar-refractivity contribution in [2.45, 2.75) is 6.92 Å². The minimum Gasteiger partial charge on any atom is -0.427 e. The molecule has 0 unspecified atom stereocenters. The Morgan fingerprint density at radius 1 is 0.895 bits per heavy atom. The van der Waals surface area contributed by atoms with Crippen LogP contribution >= 0.6 is 11.6 Å². The Hall–Kier alpha value is -2.13. The van der Waals surface area contributed by atoms with Crippen LogP contribution in [0.4, 0.5) is 0 Å². The van der Waals surface area contributed by atoms with E-state index in [9.17, 15) is 9.59 Å². The van der Waals surface area contributed by atoms with E-state index < -0.39 is 5.97 Å². The smallest absolute Gasteiger partial charge is 0.308 e. The molecule has 19 heavy (non-hydrogen) atoms. The van der Waals surface area contributed by atoms with Crippen molar-refractivity contribution < 1.29 is 14.3 Å². The number of halogens is 1. The number of ether oxygens (including phenoxy) is 1. The minimum atomic E-state index is -0.392. The predicted molar refractivity (Wildman–Crippen MR) is 72.6 cm³/mol. The normalized spacial score (nSPS) is 10.0. The second kappa shape index (κ2) is 5.67. The average Bonchev–Trinajstić information content (AvgIpc) is 2.39. The minimum absolute atomic E-state index is 0.106. The fourth-order valence-corrected chi connectivity index (χ4v) is 1.73. The summed E-state index contributed by atoms with van der Waals surface area (Å²) in [7, 11) is 0. The predicted octanol–water partition coefficient (Wildman–Crippen LogP) is 3.50. The lowest BCUT2D eigenvalue weighted by molar-refractivity contribution is -0.131. The fourth-order valence-electron chi connectivity index (χ4n) is 1.61. The summed E-state index contributed by atoms with van der Waals surface area (Å²) in [5.41, 5.74) is 1.09. The van der Waals surface area contributed by atoms with Crippen LogP contribution in [-0.2, 0) is 4.79 Å². The standard InChI is InChI=1S/C15H11ClO3/c1-10(17)19-14-8-4-12(5-9-14)15(18)11-2-6-13(16)7-3-11/h2-9H,1H3. The molecule has 0 aromatic heterocycles. The first kappa shape index (κ1) is 13.3. The largest absolute Gasteiger partial charge is 0.427 e. The van der Waals surface area contributed by atoms with E-state index in [2.05, 4.69) is 0 Å². The van der Waals surface area contributed by atoms with Gasteiger partial charge in [0, 0.05) is 23.1 Å². The van der Waals surface area contributed by atoms with Crippen LogP contribution in [0.5, 0.6) is 5.75 Å². The Morgan fingerprint density at radius 2 is 1.37 bits per heavy atom. The maximum atomic E-state index is 12.1. The monoisotopic (exact) mass is 274 g/mol. The molecule has 0 amide bonds. The molecule has 0 saturated heterocycles. The first-order chi connectivity index (χ1) is 9.06. The van der Waals surface area contributed by atoms with Crippen molar-refractivity contribution in [3.63, 3.8) is 0 Å². The number of ketones is 1. The number of carbonyl (C=O) groups excluding carboxylic acids is 2. The van der Waals surface area contributed by atoms with Gasteiger partial charge in [-0.3, -0.25) is 9.59 Å². The van der Waals surface area contributed by atoms with Gasteiger partial charge >= 0.3 is 5.97 Å². The summed E-state index contributed by atoms with van der Waals surface area (Å²) in [6.45, 7) is 1.33. The summed E-state index contributed by atoms with van der Waals surface area (Å²) < 4.78 is 4.90. The molecule has 0 aliphatic heterocycles. The Bertz CT molecular complexity index is 600. The number of esters is 1. The Balaban J connectivity index is 2.20. The molecule has 3 nitrogen and oxygen atoms in total. The number of hydrogen-bond donors (Lipinski definition) is 0. The first-order valence-electron chi connectivity index (χ1n) is 5.65. The molecule has 2 aromatic carbocycles. The zero-order valence-corrected chi connectivity index (χ0v) is 11.0. The SMILES string of the molecule is CC(=O)Oc1ccc(C(=O)c2ccc(Cl)cc2)cc1. The van der Waals surface area contributed by atoms with E-state index >= 15 is 0 Å². The third kappa shape index (κ3) is 3.42. The lowest BCUT2D eigenvalue weighted by Gasteiger charge is -2.04. The summed E-state index contributed by atoms with van der Waals surface area (Å²) in [6, 6.07) is 13.1. The van der Waals surface area contributed by atoms with Gasteiger partial charge in [-0.05, 0) is 48.5 Å². The number of hydrogen-bond acceptors (Lipinski definition) is 3. The fraction of sp³-hybridized carbons (Fsp3) is 0.0667. The highest BCUT2D eigenvalue weighted by molar-refractivity contribution is 6.30. The highest BCUT2D eigenvalue weighted by atomic mass is 35.5. The molecule has 4 heteroatoms. The van der Waals surface area contributed by atoms with Gasteiger partial charge in [-0.25, -0.2) is 0 Å². The molecule has 0 bridgehead atoms. The van der Waals surface area contributed by atoms with E-state index in [1.54, 1.807) is 48.5 Å². The third-order valence-corrected chi connectivity index (χ3v) is 2.74. The molecule has 2 aromatic rings. The van der Waals surface area contributed by atoms with Crippen LogP contribution in [0.25, 0.3) is 0 Å². The Kier molecular flexibility index (Phi) is 3.97. The van der Waals surface area contributed by atoms with Crippen LogP contribution in [-0.4, -0.2) is 11.8 Å². The maximum absolute atomic E-state index is 12.1. The van der Waals surface area contributed by atoms with Crippen LogP contribution in [0.2, 0.25) is 5.02 Å². The molecular formula is C15H11ClO3. The van der Waals surface area contributed by atoms with Crippen LogP contribution in [0.1, 0.15) is 22.8 Å². The van der Waals surface area contributed by atoms with Crippen LogP contribution in [0.15, 0.2) is 48.5 Å². The second-order valence-electron chi connectivity index (χ2n) is 3.95. The summed E-state index contributed by atoms with van der Waals surface area (Å²) >= 11 is 5.77. The van der Waals surface area contributed by atoms with Gasteiger partial charge in [0.2, 0.25) is 0 Å². The lowest BCUT2D eigenvalue weighted by atomic mass is 10.0. The van der Waals surface area contributed by atoms with Gasteiger partial charge in [-0.15, -0.1) is 0 Å². The summed E-state index contributed by atoms with van der Waals surface area (Å²) in [6.07, 6.45) is 0. The molecule has 0 atom stereocenters. The molecule has 0 fully saturated rings. The quantitative estimate of drug-likeness (QED) is 0.489. The number of benzene rings is 2. The van der Waals surface area contributed by atoms with Crippen molar-refractivity contribution in [3.05, 3.63) is 64.7 Å². The summed E-state index contributed by atoms with van der Waals surface area (Å²) in [5, 5.41) is 0.585. The maximum Gasteiger partial charge on any atom is 0.308 e. The topological polar surface area (TPSA) is 43.4 Å². The third-order valence-electron chi connectivity index (χ3n) is 2.48. The zero-order chi connectivity index (χ0) is 13.8. The summed E-state index contributed by atoms with van der Waals surface area (Å²) in [5.74, 6) is -0.0806. The highest BCUT2D eigenvalue weighted by Gasteiger charge is 2.09. The van der Waals surface area contributed by atoms with Crippen molar-refractivity contribution in [1.82, 2.24) is 0 Å². The first-order valence-corrected chi connectivity index (χ1v) is 6.03. The Labute approximate surface area is 115 Å². The van der Waals surface area contributed by atoms with Crippen molar-refractivity contribution >= 4 is 23.4 Å². The second-order valence-corrected chi connectivity index (χ2v) is 4.39. The van der Waals surface area contributed by atoms with Crippen LogP contribution in [0, 0.1) is 0 Å². The number of carbonyl (C=O) groups is 2. The van der Waals surface area contributed by atoms with Gasteiger partial charge in [-0.1, -0.05) is 11.6 Å². The zero-order valence-electron chi connectivity index (χ0n) is 10.2. The van der Waals surface area contributed by atoms with Gasteiger partial charge in [0.15, 0.2) is 5.78 Å². The van der Waals surface area contributed by atoms with Crippen molar-refractivity contribution in [2.75, 3.05) is 0 Å². The highest BCUT2D eigenvalue weighted by Crippen LogP contribution is 2.17. The molecule has 0 spiro atoms. The summed E-state index contributed by atoms with van der Waals surface area (Å²) in [4.78, 5) is 22.9. The van der Waals surface area contributed by atoms with Gasteiger partial charge in [0.05, 0.1) is 0 Å².